The average molecular weight is 273 g/mol. The van der Waals surface area contributed by atoms with Gasteiger partial charge in [0.15, 0.2) is 0 Å². The minimum atomic E-state index is -0.196. The normalized spacial score (nSPS) is 26.8. The van der Waals surface area contributed by atoms with E-state index >= 15 is 0 Å². The van der Waals surface area contributed by atoms with Crippen LogP contribution in [-0.4, -0.2) is 16.4 Å². The Labute approximate surface area is 118 Å². The molecular formula is C15H19N3O2. The third-order valence-corrected chi connectivity index (χ3v) is 4.33. The van der Waals surface area contributed by atoms with Gasteiger partial charge in [0.2, 0.25) is 11.8 Å². The van der Waals surface area contributed by atoms with Crippen LogP contribution in [0.1, 0.15) is 18.5 Å². The van der Waals surface area contributed by atoms with Crippen molar-refractivity contribution >= 4 is 11.8 Å². The van der Waals surface area contributed by atoms with Crippen LogP contribution >= 0.6 is 0 Å². The molecule has 2 amide bonds. The summed E-state index contributed by atoms with van der Waals surface area (Å²) in [6.45, 7) is 0. The maximum absolute atomic E-state index is 12.0. The fraction of sp³-hybridized carbons (Fsp3) is 0.467. The van der Waals surface area contributed by atoms with Crippen LogP contribution in [-0.2, 0) is 23.1 Å². The number of rotatable bonds is 3. The average Bonchev–Trinajstić information content (AvgIpc) is 3.14. The Bertz CT molecular complexity index is 561. The van der Waals surface area contributed by atoms with Crippen LogP contribution in [0.25, 0.3) is 0 Å². The predicted molar refractivity (Wildman–Crippen MR) is 74.2 cm³/mol. The molecule has 3 atom stereocenters. The third kappa shape index (κ3) is 2.48. The van der Waals surface area contributed by atoms with Crippen molar-refractivity contribution in [3.8, 4) is 0 Å². The summed E-state index contributed by atoms with van der Waals surface area (Å²) in [4.78, 5) is 23.8. The zero-order chi connectivity index (χ0) is 14.1. The molecule has 0 radical (unpaired) electrons. The SMILES string of the molecule is Cn1cccc1CC(=O)NNC(=O)[C@@H]1C[C@@H]2C=C[C@H]1C2. The predicted octanol–water partition coefficient (Wildman–Crippen LogP) is 0.927. The van der Waals surface area contributed by atoms with Crippen molar-refractivity contribution in [1.29, 1.82) is 0 Å². The molecule has 0 aromatic carbocycles. The summed E-state index contributed by atoms with van der Waals surface area (Å²) in [6, 6.07) is 3.78. The molecule has 3 rings (SSSR count). The van der Waals surface area contributed by atoms with Gasteiger partial charge in [-0.25, -0.2) is 0 Å². The van der Waals surface area contributed by atoms with Gasteiger partial charge in [0.05, 0.1) is 6.42 Å². The van der Waals surface area contributed by atoms with Crippen molar-refractivity contribution in [2.24, 2.45) is 24.8 Å². The molecular weight excluding hydrogens is 254 g/mol. The quantitative estimate of drug-likeness (QED) is 0.635. The van der Waals surface area contributed by atoms with Gasteiger partial charge < -0.3 is 4.57 Å². The molecule has 2 aliphatic carbocycles. The maximum atomic E-state index is 12.0. The molecule has 0 aliphatic heterocycles. The van der Waals surface area contributed by atoms with E-state index in [1.807, 2.05) is 29.9 Å². The van der Waals surface area contributed by atoms with Crippen molar-refractivity contribution in [1.82, 2.24) is 15.4 Å². The highest BCUT2D eigenvalue weighted by Crippen LogP contribution is 2.43. The van der Waals surface area contributed by atoms with Gasteiger partial charge in [-0.3, -0.25) is 20.4 Å². The summed E-state index contributed by atoms with van der Waals surface area (Å²) in [5, 5.41) is 0. The Kier molecular flexibility index (Phi) is 3.34. The molecule has 5 nitrogen and oxygen atoms in total. The van der Waals surface area contributed by atoms with Gasteiger partial charge in [-0.15, -0.1) is 0 Å². The van der Waals surface area contributed by atoms with Crippen LogP contribution in [0.2, 0.25) is 0 Å². The van der Waals surface area contributed by atoms with E-state index in [0.717, 1.165) is 18.5 Å². The molecule has 5 heteroatoms. The number of hydrogen-bond donors (Lipinski definition) is 2. The van der Waals surface area contributed by atoms with E-state index in [4.69, 9.17) is 0 Å². The van der Waals surface area contributed by atoms with E-state index in [1.54, 1.807) is 0 Å². The minimum Gasteiger partial charge on any atom is -0.354 e. The maximum Gasteiger partial charge on any atom is 0.244 e. The van der Waals surface area contributed by atoms with E-state index in [1.165, 1.54) is 0 Å². The second kappa shape index (κ2) is 5.15. The number of hydrogen-bond acceptors (Lipinski definition) is 2. The zero-order valence-corrected chi connectivity index (χ0v) is 11.5. The summed E-state index contributed by atoms with van der Waals surface area (Å²) in [6.07, 6.45) is 8.46. The first-order valence-electron chi connectivity index (χ1n) is 7.00. The standard InChI is InChI=1S/C15H19N3O2/c1-18-6-2-3-12(18)9-14(19)16-17-15(20)13-8-10-4-5-11(13)7-10/h2-6,10-11,13H,7-9H2,1H3,(H,16,19)(H,17,20)/t10-,11+,13-/m1/s1. The van der Waals surface area contributed by atoms with Crippen molar-refractivity contribution in [3.05, 3.63) is 36.2 Å². The van der Waals surface area contributed by atoms with Gasteiger partial charge in [0.25, 0.3) is 0 Å². The Morgan fingerprint density at radius 3 is 2.75 bits per heavy atom. The number of allylic oxidation sites excluding steroid dienone is 2. The monoisotopic (exact) mass is 273 g/mol. The number of nitrogens with zero attached hydrogens (tertiary/aromatic N) is 1. The molecule has 0 unspecified atom stereocenters. The zero-order valence-electron chi connectivity index (χ0n) is 11.5. The lowest BCUT2D eigenvalue weighted by Gasteiger charge is -2.17. The Morgan fingerprint density at radius 2 is 2.15 bits per heavy atom. The van der Waals surface area contributed by atoms with Crippen LogP contribution < -0.4 is 10.9 Å². The number of carbonyl (C=O) groups excluding carboxylic acids is 2. The minimum absolute atomic E-state index is 0.0142. The van der Waals surface area contributed by atoms with Crippen LogP contribution in [0.4, 0.5) is 0 Å². The highest BCUT2D eigenvalue weighted by atomic mass is 16.2. The molecule has 0 spiro atoms. The number of carbonyl (C=O) groups is 2. The first-order valence-corrected chi connectivity index (χ1v) is 7.00. The molecule has 1 aromatic heterocycles. The summed E-state index contributed by atoms with van der Waals surface area (Å²) < 4.78 is 1.89. The van der Waals surface area contributed by atoms with Crippen LogP contribution in [0.15, 0.2) is 30.5 Å². The van der Waals surface area contributed by atoms with E-state index in [-0.39, 0.29) is 24.2 Å². The smallest absolute Gasteiger partial charge is 0.244 e. The lowest BCUT2D eigenvalue weighted by atomic mass is 9.93. The Morgan fingerprint density at radius 1 is 1.30 bits per heavy atom. The summed E-state index contributed by atoms with van der Waals surface area (Å²) >= 11 is 0. The first kappa shape index (κ1) is 13.0. The lowest BCUT2D eigenvalue weighted by molar-refractivity contribution is -0.131. The van der Waals surface area contributed by atoms with Gasteiger partial charge in [0.1, 0.15) is 0 Å². The van der Waals surface area contributed by atoms with Gasteiger partial charge in [-0.1, -0.05) is 12.2 Å². The molecule has 106 valence electrons. The van der Waals surface area contributed by atoms with Crippen molar-refractivity contribution in [2.75, 3.05) is 0 Å². The second-order valence-electron chi connectivity index (χ2n) is 5.71. The molecule has 1 fully saturated rings. The third-order valence-electron chi connectivity index (χ3n) is 4.33. The number of hydrazine groups is 1. The fourth-order valence-corrected chi connectivity index (χ4v) is 3.20. The van der Waals surface area contributed by atoms with Crippen LogP contribution in [0.3, 0.4) is 0 Å². The second-order valence-corrected chi connectivity index (χ2v) is 5.71. The summed E-state index contributed by atoms with van der Waals surface area (Å²) in [7, 11) is 1.89. The lowest BCUT2D eigenvalue weighted by Crippen LogP contribution is -2.46. The molecule has 2 N–H and O–H groups in total. The van der Waals surface area contributed by atoms with Gasteiger partial charge in [-0.2, -0.15) is 0 Å². The Balaban J connectivity index is 1.47. The number of aryl methyl sites for hydroxylation is 1. The van der Waals surface area contributed by atoms with Gasteiger partial charge >= 0.3 is 0 Å². The van der Waals surface area contributed by atoms with Crippen LogP contribution in [0, 0.1) is 17.8 Å². The largest absolute Gasteiger partial charge is 0.354 e. The molecule has 2 bridgehead atoms. The summed E-state index contributed by atoms with van der Waals surface area (Å²) in [5.41, 5.74) is 5.98. The van der Waals surface area contributed by atoms with Crippen molar-refractivity contribution < 1.29 is 9.59 Å². The number of amides is 2. The Hall–Kier alpha value is -2.04. The van der Waals surface area contributed by atoms with E-state index < -0.39 is 0 Å². The molecule has 0 saturated heterocycles. The first-order chi connectivity index (χ1) is 9.63. The van der Waals surface area contributed by atoms with Crippen molar-refractivity contribution in [2.45, 2.75) is 19.3 Å². The molecule has 20 heavy (non-hydrogen) atoms. The van der Waals surface area contributed by atoms with E-state index in [9.17, 15) is 9.59 Å². The van der Waals surface area contributed by atoms with Gasteiger partial charge in [0, 0.05) is 24.9 Å². The highest BCUT2D eigenvalue weighted by molar-refractivity contribution is 5.84. The fourth-order valence-electron chi connectivity index (χ4n) is 3.20. The molecule has 1 aromatic rings. The summed E-state index contributed by atoms with van der Waals surface area (Å²) in [5.74, 6) is 0.654. The number of nitrogens with one attached hydrogen (secondary N) is 2. The topological polar surface area (TPSA) is 63.1 Å². The van der Waals surface area contributed by atoms with E-state index in [0.29, 0.717) is 11.8 Å². The number of fused-ring (bicyclic) bond motifs is 2. The highest BCUT2D eigenvalue weighted by Gasteiger charge is 2.39. The molecule has 1 heterocycles. The molecule has 2 aliphatic rings. The van der Waals surface area contributed by atoms with Crippen molar-refractivity contribution in [3.63, 3.8) is 0 Å². The molecule has 1 saturated carbocycles. The van der Waals surface area contributed by atoms with E-state index in [2.05, 4.69) is 23.0 Å². The van der Waals surface area contributed by atoms with Crippen LogP contribution in [0.5, 0.6) is 0 Å². The number of aromatic nitrogens is 1. The van der Waals surface area contributed by atoms with Gasteiger partial charge in [-0.05, 0) is 36.8 Å².